The molecule has 4 aromatic rings. The quantitative estimate of drug-likeness (QED) is 0.519. The highest BCUT2D eigenvalue weighted by Gasteiger charge is 2.40. The highest BCUT2D eigenvalue weighted by Crippen LogP contribution is 2.46. The molecule has 0 radical (unpaired) electrons. The Morgan fingerprint density at radius 1 is 1.11 bits per heavy atom. The number of imidazole rings is 1. The number of hydrogen-bond donors (Lipinski definition) is 1. The summed E-state index contributed by atoms with van der Waals surface area (Å²) < 4.78 is 7.77. The van der Waals surface area contributed by atoms with Gasteiger partial charge in [0.1, 0.15) is 11.8 Å². The van der Waals surface area contributed by atoms with Crippen LogP contribution in [0.1, 0.15) is 35.4 Å². The molecule has 0 amide bonds. The second-order valence-corrected chi connectivity index (χ2v) is 8.25. The van der Waals surface area contributed by atoms with Crippen LogP contribution < -0.4 is 5.32 Å². The molecule has 28 heavy (non-hydrogen) atoms. The van der Waals surface area contributed by atoms with Gasteiger partial charge in [-0.15, -0.1) is 11.3 Å². The van der Waals surface area contributed by atoms with Crippen molar-refractivity contribution in [2.45, 2.75) is 24.8 Å². The number of nitrogens with one attached hydrogen (secondary N) is 1. The fraction of sp³-hybridized carbons (Fsp3) is 0.182. The Labute approximate surface area is 165 Å². The third-order valence-electron chi connectivity index (χ3n) is 5.66. The van der Waals surface area contributed by atoms with E-state index in [1.54, 1.807) is 17.6 Å². The molecular weight excluding hydrogens is 370 g/mol. The third kappa shape index (κ3) is 2.24. The number of ketones is 1. The van der Waals surface area contributed by atoms with Crippen molar-refractivity contribution in [2.75, 3.05) is 5.32 Å². The van der Waals surface area contributed by atoms with Gasteiger partial charge in [-0.05, 0) is 42.1 Å². The molecule has 1 aromatic carbocycles. The van der Waals surface area contributed by atoms with Gasteiger partial charge in [0.2, 0.25) is 5.95 Å². The number of benzene rings is 1. The Morgan fingerprint density at radius 3 is 2.86 bits per heavy atom. The van der Waals surface area contributed by atoms with E-state index in [1.807, 2.05) is 36.4 Å². The Bertz CT molecular complexity index is 1220. The Balaban J connectivity index is 1.55. The van der Waals surface area contributed by atoms with Crippen molar-refractivity contribution in [1.29, 1.82) is 0 Å². The van der Waals surface area contributed by atoms with E-state index in [9.17, 15) is 4.79 Å². The van der Waals surface area contributed by atoms with Crippen LogP contribution in [0.25, 0.3) is 11.0 Å². The molecule has 0 unspecified atom stereocenters. The molecule has 2 aliphatic rings. The van der Waals surface area contributed by atoms with Gasteiger partial charge < -0.3 is 9.73 Å². The van der Waals surface area contributed by atoms with Crippen LogP contribution in [0.15, 0.2) is 75.9 Å². The lowest BCUT2D eigenvalue weighted by atomic mass is 9.80. The van der Waals surface area contributed by atoms with E-state index >= 15 is 0 Å². The summed E-state index contributed by atoms with van der Waals surface area (Å²) in [7, 11) is 0. The summed E-state index contributed by atoms with van der Waals surface area (Å²) >= 11 is 1.68. The Kier molecular flexibility index (Phi) is 3.37. The van der Waals surface area contributed by atoms with Crippen molar-refractivity contribution in [3.05, 3.63) is 82.1 Å². The van der Waals surface area contributed by atoms with Gasteiger partial charge in [0.05, 0.1) is 17.3 Å². The first-order chi connectivity index (χ1) is 13.8. The van der Waals surface area contributed by atoms with E-state index in [-0.39, 0.29) is 17.7 Å². The number of nitrogens with zero attached hydrogens (tertiary/aromatic N) is 2. The summed E-state index contributed by atoms with van der Waals surface area (Å²) in [5.41, 5.74) is 3.80. The summed E-state index contributed by atoms with van der Waals surface area (Å²) in [6, 6.07) is 15.9. The molecule has 6 heteroatoms. The number of carbonyl (C=O) groups excluding carboxylic acids is 1. The molecule has 0 saturated heterocycles. The van der Waals surface area contributed by atoms with Crippen molar-refractivity contribution in [1.82, 2.24) is 9.55 Å². The summed E-state index contributed by atoms with van der Waals surface area (Å²) in [6.45, 7) is 0. The average molecular weight is 387 g/mol. The van der Waals surface area contributed by atoms with E-state index in [2.05, 4.69) is 27.4 Å². The van der Waals surface area contributed by atoms with Crippen LogP contribution in [-0.4, -0.2) is 15.3 Å². The number of aromatic nitrogens is 2. The molecule has 5 nitrogen and oxygen atoms in total. The fourth-order valence-electron chi connectivity index (χ4n) is 4.47. The molecule has 138 valence electrons. The van der Waals surface area contributed by atoms with Gasteiger partial charge in [0, 0.05) is 28.5 Å². The topological polar surface area (TPSA) is 60.1 Å². The monoisotopic (exact) mass is 387 g/mol. The first-order valence-electron chi connectivity index (χ1n) is 9.36. The average Bonchev–Trinajstić information content (AvgIpc) is 3.46. The molecule has 1 N–H and O–H groups in total. The largest absolute Gasteiger partial charge is 0.469 e. The van der Waals surface area contributed by atoms with Gasteiger partial charge in [-0.2, -0.15) is 0 Å². The molecule has 3 aromatic heterocycles. The Hall–Kier alpha value is -3.12. The maximum atomic E-state index is 13.3. The number of thiophene rings is 1. The number of carbonyl (C=O) groups is 1. The predicted molar refractivity (Wildman–Crippen MR) is 109 cm³/mol. The first-order valence-corrected chi connectivity index (χ1v) is 10.2. The second-order valence-electron chi connectivity index (χ2n) is 7.27. The number of Topliss-reactive ketones (excluding diaryl/α,β-unsaturated/α-hetero) is 1. The highest BCUT2D eigenvalue weighted by atomic mass is 32.1. The van der Waals surface area contributed by atoms with E-state index in [1.165, 1.54) is 0 Å². The van der Waals surface area contributed by atoms with Gasteiger partial charge in [0.15, 0.2) is 5.78 Å². The normalized spacial score (nSPS) is 21.5. The lowest BCUT2D eigenvalue weighted by Crippen LogP contribution is -2.32. The van der Waals surface area contributed by atoms with Crippen LogP contribution in [0.4, 0.5) is 5.95 Å². The zero-order valence-electron chi connectivity index (χ0n) is 15.0. The van der Waals surface area contributed by atoms with Gasteiger partial charge in [0.25, 0.3) is 0 Å². The van der Waals surface area contributed by atoms with Crippen LogP contribution in [0.2, 0.25) is 0 Å². The second kappa shape index (κ2) is 5.94. The number of rotatable bonds is 2. The zero-order valence-corrected chi connectivity index (χ0v) is 15.8. The van der Waals surface area contributed by atoms with Gasteiger partial charge in [-0.3, -0.25) is 9.36 Å². The van der Waals surface area contributed by atoms with Crippen molar-refractivity contribution in [3.8, 4) is 0 Å². The molecule has 0 spiro atoms. The molecular formula is C22H17N3O2S. The summed E-state index contributed by atoms with van der Waals surface area (Å²) in [5, 5.41) is 5.54. The van der Waals surface area contributed by atoms with Crippen molar-refractivity contribution < 1.29 is 9.21 Å². The standard InChI is InChI=1S/C22H17N3O2S/c26-17-12-13(18-7-3-9-27-18)11-15-20(17)21(19-8-4-10-28-19)25-16-6-2-1-5-14(16)23-22(25)24-15/h1-10,13,21H,11-12H2,(H,23,24)/t13-,21+/m1/s1. The minimum Gasteiger partial charge on any atom is -0.469 e. The maximum Gasteiger partial charge on any atom is 0.209 e. The number of furan rings is 1. The van der Waals surface area contributed by atoms with E-state index in [0.717, 1.165) is 45.3 Å². The molecule has 6 rings (SSSR count). The minimum absolute atomic E-state index is 0.0636. The van der Waals surface area contributed by atoms with E-state index in [4.69, 9.17) is 9.40 Å². The van der Waals surface area contributed by atoms with Crippen LogP contribution in [-0.2, 0) is 4.79 Å². The zero-order chi connectivity index (χ0) is 18.7. The number of hydrogen-bond acceptors (Lipinski definition) is 5. The number of allylic oxidation sites excluding steroid dienone is 2. The molecule has 0 fully saturated rings. The summed E-state index contributed by atoms with van der Waals surface area (Å²) in [6.07, 6.45) is 2.89. The molecule has 2 atom stereocenters. The number of fused-ring (bicyclic) bond motifs is 3. The SMILES string of the molecule is O=C1C[C@H](c2ccco2)CC2=C1[C@H](c1cccs1)n1c(nc3ccccc31)N2. The number of anilines is 1. The van der Waals surface area contributed by atoms with Crippen LogP contribution in [0.3, 0.4) is 0 Å². The summed E-state index contributed by atoms with van der Waals surface area (Å²) in [5.74, 6) is 1.91. The minimum atomic E-state index is -0.135. The van der Waals surface area contributed by atoms with E-state index < -0.39 is 0 Å². The van der Waals surface area contributed by atoms with Gasteiger partial charge in [-0.1, -0.05) is 18.2 Å². The van der Waals surface area contributed by atoms with Gasteiger partial charge in [-0.25, -0.2) is 4.98 Å². The van der Waals surface area contributed by atoms with Crippen molar-refractivity contribution >= 4 is 34.1 Å². The fourth-order valence-corrected chi connectivity index (χ4v) is 5.29. The smallest absolute Gasteiger partial charge is 0.209 e. The third-order valence-corrected chi connectivity index (χ3v) is 6.58. The summed E-state index contributed by atoms with van der Waals surface area (Å²) in [4.78, 5) is 19.3. The van der Waals surface area contributed by atoms with Gasteiger partial charge >= 0.3 is 0 Å². The van der Waals surface area contributed by atoms with Crippen LogP contribution >= 0.6 is 11.3 Å². The predicted octanol–water partition coefficient (Wildman–Crippen LogP) is 5.11. The molecule has 4 heterocycles. The lowest BCUT2D eigenvalue weighted by Gasteiger charge is -2.35. The van der Waals surface area contributed by atoms with Crippen LogP contribution in [0, 0.1) is 0 Å². The molecule has 0 bridgehead atoms. The maximum absolute atomic E-state index is 13.3. The molecule has 0 saturated carbocycles. The van der Waals surface area contributed by atoms with E-state index in [0.29, 0.717) is 6.42 Å². The molecule has 1 aliphatic carbocycles. The number of para-hydroxylation sites is 2. The highest BCUT2D eigenvalue weighted by molar-refractivity contribution is 7.10. The van der Waals surface area contributed by atoms with Crippen molar-refractivity contribution in [2.24, 2.45) is 0 Å². The van der Waals surface area contributed by atoms with Crippen molar-refractivity contribution in [3.63, 3.8) is 0 Å². The lowest BCUT2D eigenvalue weighted by molar-refractivity contribution is -0.116. The Morgan fingerprint density at radius 2 is 2.04 bits per heavy atom. The molecule has 1 aliphatic heterocycles. The van der Waals surface area contributed by atoms with Crippen LogP contribution in [0.5, 0.6) is 0 Å². The first kappa shape index (κ1) is 15.9.